The van der Waals surface area contributed by atoms with Crippen molar-refractivity contribution >= 4 is 5.78 Å². The van der Waals surface area contributed by atoms with E-state index in [1.807, 2.05) is 25.3 Å². The second kappa shape index (κ2) is 5.21. The first kappa shape index (κ1) is 12.8. The van der Waals surface area contributed by atoms with Gasteiger partial charge in [0.25, 0.3) is 0 Å². The molecule has 0 bridgehead atoms. The van der Waals surface area contributed by atoms with Crippen LogP contribution in [0.15, 0.2) is 18.3 Å². The summed E-state index contributed by atoms with van der Waals surface area (Å²) in [5.74, 6) is 0.0479. The highest BCUT2D eigenvalue weighted by Crippen LogP contribution is 2.10. The summed E-state index contributed by atoms with van der Waals surface area (Å²) in [5.41, 5.74) is 7.14. The predicted molar refractivity (Wildman–Crippen MR) is 65.2 cm³/mol. The molecule has 0 aromatic carbocycles. The molecule has 2 N–H and O–H groups in total. The van der Waals surface area contributed by atoms with Crippen molar-refractivity contribution in [2.45, 2.75) is 45.6 Å². The fraction of sp³-hybridized carbons (Fsp3) is 0.538. The van der Waals surface area contributed by atoms with Crippen LogP contribution in [0.4, 0.5) is 0 Å². The maximum atomic E-state index is 11.9. The summed E-state index contributed by atoms with van der Waals surface area (Å²) in [7, 11) is 0. The molecule has 16 heavy (non-hydrogen) atoms. The average molecular weight is 220 g/mol. The minimum Gasteiger partial charge on any atom is -0.319 e. The monoisotopic (exact) mass is 220 g/mol. The molecule has 1 unspecified atom stereocenters. The van der Waals surface area contributed by atoms with Crippen molar-refractivity contribution in [3.63, 3.8) is 0 Å². The van der Waals surface area contributed by atoms with Gasteiger partial charge in [-0.2, -0.15) is 0 Å². The highest BCUT2D eigenvalue weighted by atomic mass is 16.1. The van der Waals surface area contributed by atoms with Gasteiger partial charge in [-0.3, -0.25) is 9.78 Å². The summed E-state index contributed by atoms with van der Waals surface area (Å²) < 4.78 is 0. The van der Waals surface area contributed by atoms with Crippen molar-refractivity contribution in [2.75, 3.05) is 0 Å². The van der Waals surface area contributed by atoms with Crippen LogP contribution in [0.5, 0.6) is 0 Å². The van der Waals surface area contributed by atoms with Crippen LogP contribution in [0.25, 0.3) is 0 Å². The van der Waals surface area contributed by atoms with E-state index >= 15 is 0 Å². The third kappa shape index (κ3) is 3.14. The van der Waals surface area contributed by atoms with Gasteiger partial charge in [-0.1, -0.05) is 19.9 Å². The molecule has 1 aromatic heterocycles. The summed E-state index contributed by atoms with van der Waals surface area (Å²) >= 11 is 0. The van der Waals surface area contributed by atoms with Crippen molar-refractivity contribution in [1.29, 1.82) is 0 Å². The molecule has 0 saturated carbocycles. The Balaban J connectivity index is 2.70. The molecule has 0 fully saturated rings. The van der Waals surface area contributed by atoms with E-state index < -0.39 is 5.54 Å². The normalized spacial score (nSPS) is 14.5. The van der Waals surface area contributed by atoms with Gasteiger partial charge in [0.15, 0.2) is 5.78 Å². The highest BCUT2D eigenvalue weighted by molar-refractivity contribution is 5.89. The van der Waals surface area contributed by atoms with Crippen molar-refractivity contribution < 1.29 is 4.79 Å². The van der Waals surface area contributed by atoms with E-state index in [1.165, 1.54) is 5.56 Å². The first-order valence-corrected chi connectivity index (χ1v) is 5.75. The standard InChI is InChI=1S/C13H20N2O/c1-4-10-6-7-11(15-9-10)8-12(16)13(3,14)5-2/h6-7,9H,4-5,8,14H2,1-3H3. The number of carbonyl (C=O) groups is 1. The summed E-state index contributed by atoms with van der Waals surface area (Å²) in [5, 5.41) is 0. The van der Waals surface area contributed by atoms with Gasteiger partial charge in [0.2, 0.25) is 0 Å². The quantitative estimate of drug-likeness (QED) is 0.824. The van der Waals surface area contributed by atoms with E-state index in [0.29, 0.717) is 12.8 Å². The maximum Gasteiger partial charge on any atom is 0.158 e. The SMILES string of the molecule is CCc1ccc(CC(=O)C(C)(N)CC)nc1. The van der Waals surface area contributed by atoms with Gasteiger partial charge in [0, 0.05) is 11.9 Å². The van der Waals surface area contributed by atoms with E-state index in [-0.39, 0.29) is 5.78 Å². The second-order valence-corrected chi connectivity index (χ2v) is 4.38. The van der Waals surface area contributed by atoms with Crippen molar-refractivity contribution in [2.24, 2.45) is 5.73 Å². The molecule has 0 saturated heterocycles. The summed E-state index contributed by atoms with van der Waals surface area (Å²) in [4.78, 5) is 16.1. The molecule has 1 rings (SSSR count). The summed E-state index contributed by atoms with van der Waals surface area (Å²) in [6.45, 7) is 5.77. The predicted octanol–water partition coefficient (Wildman–Crippen LogP) is 1.88. The molecule has 0 aliphatic carbocycles. The number of ketones is 1. The highest BCUT2D eigenvalue weighted by Gasteiger charge is 2.25. The van der Waals surface area contributed by atoms with Crippen LogP contribution in [0.1, 0.15) is 38.4 Å². The fourth-order valence-corrected chi connectivity index (χ4v) is 1.33. The third-order valence-corrected chi connectivity index (χ3v) is 3.01. The van der Waals surface area contributed by atoms with Gasteiger partial charge in [-0.15, -0.1) is 0 Å². The molecule has 1 aromatic rings. The Morgan fingerprint density at radius 3 is 2.56 bits per heavy atom. The smallest absolute Gasteiger partial charge is 0.158 e. The van der Waals surface area contributed by atoms with E-state index in [9.17, 15) is 4.79 Å². The largest absolute Gasteiger partial charge is 0.319 e. The van der Waals surface area contributed by atoms with E-state index in [2.05, 4.69) is 11.9 Å². The molecule has 3 nitrogen and oxygen atoms in total. The van der Waals surface area contributed by atoms with E-state index in [1.54, 1.807) is 6.92 Å². The van der Waals surface area contributed by atoms with E-state index in [4.69, 9.17) is 5.73 Å². The first-order chi connectivity index (χ1) is 7.49. The molecular formula is C13H20N2O. The topological polar surface area (TPSA) is 56.0 Å². The number of hydrogen-bond acceptors (Lipinski definition) is 3. The number of hydrogen-bond donors (Lipinski definition) is 1. The Hall–Kier alpha value is -1.22. The third-order valence-electron chi connectivity index (χ3n) is 3.01. The first-order valence-electron chi connectivity index (χ1n) is 5.75. The van der Waals surface area contributed by atoms with Gasteiger partial charge in [-0.25, -0.2) is 0 Å². The number of Topliss-reactive ketones (excluding diaryl/α,β-unsaturated/α-hetero) is 1. The van der Waals surface area contributed by atoms with Crippen LogP contribution in [0.3, 0.4) is 0 Å². The number of aryl methyl sites for hydroxylation is 1. The molecule has 88 valence electrons. The Morgan fingerprint density at radius 1 is 1.44 bits per heavy atom. The Kier molecular flexibility index (Phi) is 4.19. The molecule has 1 heterocycles. The zero-order valence-corrected chi connectivity index (χ0v) is 10.3. The molecule has 3 heteroatoms. The Labute approximate surface area is 97.1 Å². The maximum absolute atomic E-state index is 11.9. The van der Waals surface area contributed by atoms with E-state index in [0.717, 1.165) is 12.1 Å². The van der Waals surface area contributed by atoms with Crippen LogP contribution in [0, 0.1) is 0 Å². The van der Waals surface area contributed by atoms with Gasteiger partial charge in [0.1, 0.15) is 0 Å². The lowest BCUT2D eigenvalue weighted by Crippen LogP contribution is -2.45. The number of pyridine rings is 1. The van der Waals surface area contributed by atoms with Gasteiger partial charge in [0.05, 0.1) is 12.0 Å². The van der Waals surface area contributed by atoms with Crippen molar-refractivity contribution in [1.82, 2.24) is 4.98 Å². The Morgan fingerprint density at radius 2 is 2.12 bits per heavy atom. The number of nitrogens with two attached hydrogens (primary N) is 1. The van der Waals surface area contributed by atoms with Crippen LogP contribution in [0.2, 0.25) is 0 Å². The number of rotatable bonds is 5. The number of aromatic nitrogens is 1. The molecule has 0 amide bonds. The molecule has 0 aliphatic heterocycles. The van der Waals surface area contributed by atoms with Gasteiger partial charge in [-0.05, 0) is 31.4 Å². The zero-order valence-electron chi connectivity index (χ0n) is 10.3. The average Bonchev–Trinajstić information content (AvgIpc) is 2.30. The minimum atomic E-state index is -0.731. The van der Waals surface area contributed by atoms with Crippen LogP contribution >= 0.6 is 0 Å². The molecule has 0 spiro atoms. The summed E-state index contributed by atoms with van der Waals surface area (Å²) in [6, 6.07) is 3.91. The second-order valence-electron chi connectivity index (χ2n) is 4.38. The van der Waals surface area contributed by atoms with Crippen molar-refractivity contribution in [3.8, 4) is 0 Å². The fourth-order valence-electron chi connectivity index (χ4n) is 1.33. The summed E-state index contributed by atoms with van der Waals surface area (Å²) in [6.07, 6.45) is 3.76. The van der Waals surface area contributed by atoms with Crippen LogP contribution in [-0.2, 0) is 17.6 Å². The molecule has 1 atom stereocenters. The van der Waals surface area contributed by atoms with Crippen molar-refractivity contribution in [3.05, 3.63) is 29.6 Å². The zero-order chi connectivity index (χ0) is 12.2. The Bertz CT molecular complexity index is 355. The molecule has 0 aliphatic rings. The molecular weight excluding hydrogens is 200 g/mol. The number of carbonyl (C=O) groups excluding carboxylic acids is 1. The van der Waals surface area contributed by atoms with Crippen LogP contribution < -0.4 is 5.73 Å². The number of nitrogens with zero attached hydrogens (tertiary/aromatic N) is 1. The van der Waals surface area contributed by atoms with Crippen LogP contribution in [-0.4, -0.2) is 16.3 Å². The molecule has 0 radical (unpaired) electrons. The lowest BCUT2D eigenvalue weighted by atomic mass is 9.91. The van der Waals surface area contributed by atoms with Gasteiger partial charge >= 0.3 is 0 Å². The van der Waals surface area contributed by atoms with Gasteiger partial charge < -0.3 is 5.73 Å². The lowest BCUT2D eigenvalue weighted by Gasteiger charge is -2.20. The minimum absolute atomic E-state index is 0.0479. The lowest BCUT2D eigenvalue weighted by molar-refractivity contribution is -0.123.